The van der Waals surface area contributed by atoms with E-state index in [2.05, 4.69) is 52.1 Å². The fraction of sp³-hybridized carbons (Fsp3) is 0.776. The van der Waals surface area contributed by atoms with Gasteiger partial charge >= 0.3 is 5.97 Å². The molecular weight excluding hydrogens is 811 g/mol. The standard InChI is InChI=1S/C49H75NO13/c1-12-26(2)44-29(5)18-19-48(63-44)24-35-21-34(62-48)17-16-28(4)43(27(3)14-13-15-33-25-56-46-42(51)30(6)20-36(47(52)59-35)49(33,46)53)60-40-23-38(55-11)45(32(8)58-40)61-39-22-37(54-10)41(50-9)31(7)57-39/h13-16,18-20,26-27,29,31-32,34-46,50-51,53H,12,17,21-25H2,1-11H3/b14-13-,28-16-,33-15-/t26-,27-,29-,31-,32-,34+,35-,36-,37-,38-,39-,40-,41-,42+,43-,44+,45-,46+,48+,49+/m0/s1. The monoisotopic (exact) mass is 886 g/mol. The normalized spacial score (nSPS) is 48.6. The van der Waals surface area contributed by atoms with E-state index in [1.54, 1.807) is 33.3 Å². The Morgan fingerprint density at radius 1 is 0.921 bits per heavy atom. The zero-order valence-electron chi connectivity index (χ0n) is 39.3. The van der Waals surface area contributed by atoms with Crippen molar-refractivity contribution in [3.63, 3.8) is 0 Å². The highest BCUT2D eigenvalue weighted by atomic mass is 16.7. The van der Waals surface area contributed by atoms with E-state index in [4.69, 9.17) is 47.4 Å². The molecule has 0 aromatic heterocycles. The molecule has 0 aromatic rings. The van der Waals surface area contributed by atoms with Crippen LogP contribution in [0.3, 0.4) is 0 Å². The van der Waals surface area contributed by atoms with Crippen molar-refractivity contribution >= 4 is 5.97 Å². The molecule has 7 aliphatic rings. The molecule has 63 heavy (non-hydrogen) atoms. The number of nitrogens with one attached hydrogen (secondary N) is 1. The van der Waals surface area contributed by atoms with E-state index in [0.717, 1.165) is 12.0 Å². The molecule has 6 heterocycles. The van der Waals surface area contributed by atoms with Crippen LogP contribution in [0.1, 0.15) is 93.9 Å². The van der Waals surface area contributed by atoms with Crippen LogP contribution in [0.4, 0.5) is 0 Å². The molecule has 14 nitrogen and oxygen atoms in total. The van der Waals surface area contributed by atoms with Gasteiger partial charge in [0.15, 0.2) is 18.4 Å². The second-order valence-corrected chi connectivity index (χ2v) is 19.3. The molecule has 0 amide bonds. The predicted octanol–water partition coefficient (Wildman–Crippen LogP) is 5.60. The summed E-state index contributed by atoms with van der Waals surface area (Å²) < 4.78 is 64.6. The van der Waals surface area contributed by atoms with Gasteiger partial charge in [0.05, 0.1) is 55.4 Å². The van der Waals surface area contributed by atoms with Crippen LogP contribution in [0, 0.1) is 23.7 Å². The van der Waals surface area contributed by atoms with E-state index >= 15 is 0 Å². The molecule has 6 aliphatic heterocycles. The minimum atomic E-state index is -1.83. The molecule has 4 saturated heterocycles. The van der Waals surface area contributed by atoms with Crippen molar-refractivity contribution in [1.29, 1.82) is 0 Å². The molecule has 7 rings (SSSR count). The number of hydrogen-bond donors (Lipinski definition) is 3. The fourth-order valence-corrected chi connectivity index (χ4v) is 11.0. The van der Waals surface area contributed by atoms with Crippen molar-refractivity contribution in [2.45, 2.75) is 191 Å². The van der Waals surface area contributed by atoms with Gasteiger partial charge in [-0.2, -0.15) is 0 Å². The molecule has 0 aromatic carbocycles. The number of likely N-dealkylation sites (N-methyl/N-ethyl adjacent to an activating group) is 1. The Labute approximate surface area is 374 Å². The SMILES string of the molecule is CC[C@H](C)[C@H]1O[C@]2(C=C[C@@H]1C)C[C@@H]1C[C@@H](C/C=C(/C)[C@@H](O[C@H]3C[C@H](OC)[C@@H](O[C@H]4C[C@H](OC)[C@@H](NC)[C@H](C)O4)[C@H](C)O3)[C@@H](C)/C=C\C=C3\CO[C@@H]4[C@H](O)C(C)=C[C@@H](C(=O)O1)[C@]34O)O2. The van der Waals surface area contributed by atoms with Crippen LogP contribution in [0.2, 0.25) is 0 Å². The Morgan fingerprint density at radius 3 is 2.35 bits per heavy atom. The number of ether oxygens (including phenoxy) is 10. The molecule has 3 N–H and O–H groups in total. The van der Waals surface area contributed by atoms with Crippen LogP contribution in [0.15, 0.2) is 59.3 Å². The third-order valence-electron chi connectivity index (χ3n) is 14.9. The van der Waals surface area contributed by atoms with E-state index in [0.29, 0.717) is 43.3 Å². The summed E-state index contributed by atoms with van der Waals surface area (Å²) in [6, 6.07) is 0.0442. The zero-order valence-corrected chi connectivity index (χ0v) is 39.3. The molecule has 4 fully saturated rings. The first-order valence-electron chi connectivity index (χ1n) is 23.4. The van der Waals surface area contributed by atoms with E-state index in [-0.39, 0.29) is 67.0 Å². The third-order valence-corrected chi connectivity index (χ3v) is 14.9. The number of hydrogen-bond acceptors (Lipinski definition) is 14. The van der Waals surface area contributed by atoms with Crippen molar-refractivity contribution in [2.24, 2.45) is 23.7 Å². The van der Waals surface area contributed by atoms with Crippen molar-refractivity contribution in [1.82, 2.24) is 5.32 Å². The number of methoxy groups -OCH3 is 2. The highest BCUT2D eigenvalue weighted by molar-refractivity contribution is 5.78. The van der Waals surface area contributed by atoms with Crippen molar-refractivity contribution in [3.05, 3.63) is 59.3 Å². The summed E-state index contributed by atoms with van der Waals surface area (Å²) in [5.41, 5.74) is 0.180. The predicted molar refractivity (Wildman–Crippen MR) is 234 cm³/mol. The summed E-state index contributed by atoms with van der Waals surface area (Å²) in [7, 11) is 5.30. The van der Waals surface area contributed by atoms with Gasteiger partial charge in [-0.15, -0.1) is 0 Å². The largest absolute Gasteiger partial charge is 0.462 e. The molecule has 20 atom stereocenters. The lowest BCUT2D eigenvalue weighted by atomic mass is 9.71. The lowest BCUT2D eigenvalue weighted by Gasteiger charge is -2.48. The van der Waals surface area contributed by atoms with Gasteiger partial charge in [0.1, 0.15) is 35.9 Å². The Morgan fingerprint density at radius 2 is 1.63 bits per heavy atom. The van der Waals surface area contributed by atoms with Gasteiger partial charge in [-0.25, -0.2) is 0 Å². The number of allylic oxidation sites excluding steroid dienone is 2. The molecule has 14 heteroatoms. The maximum Gasteiger partial charge on any atom is 0.316 e. The maximum absolute atomic E-state index is 14.4. The van der Waals surface area contributed by atoms with Crippen LogP contribution in [-0.2, 0) is 52.2 Å². The molecule has 1 aliphatic carbocycles. The Bertz CT molecular complexity index is 1750. The summed E-state index contributed by atoms with van der Waals surface area (Å²) in [5.74, 6) is -2.51. The fourth-order valence-electron chi connectivity index (χ4n) is 11.0. The Kier molecular flexibility index (Phi) is 15.7. The van der Waals surface area contributed by atoms with Crippen molar-refractivity contribution < 1.29 is 62.4 Å². The zero-order chi connectivity index (χ0) is 45.4. The van der Waals surface area contributed by atoms with Gasteiger partial charge in [0.25, 0.3) is 0 Å². The molecule has 0 unspecified atom stereocenters. The van der Waals surface area contributed by atoms with Crippen molar-refractivity contribution in [3.8, 4) is 0 Å². The average molecular weight is 886 g/mol. The molecule has 0 radical (unpaired) electrons. The summed E-state index contributed by atoms with van der Waals surface area (Å²) in [6.45, 7) is 16.4. The van der Waals surface area contributed by atoms with Gasteiger partial charge in [-0.1, -0.05) is 70.6 Å². The third kappa shape index (κ3) is 10.0. The van der Waals surface area contributed by atoms with Gasteiger partial charge in [0.2, 0.25) is 0 Å². The van der Waals surface area contributed by atoms with Gasteiger partial charge in [-0.05, 0) is 69.9 Å². The lowest BCUT2D eigenvalue weighted by Crippen LogP contribution is -2.58. The molecule has 1 spiro atoms. The molecular formula is C49H75NO13. The van der Waals surface area contributed by atoms with E-state index in [9.17, 15) is 15.0 Å². The topological polar surface area (TPSA) is 162 Å². The number of esters is 1. The first-order chi connectivity index (χ1) is 30.0. The minimum absolute atomic E-state index is 0.0411. The van der Waals surface area contributed by atoms with E-state index < -0.39 is 66.4 Å². The summed E-state index contributed by atoms with van der Waals surface area (Å²) in [5, 5.41) is 27.1. The van der Waals surface area contributed by atoms with E-state index in [1.807, 2.05) is 39.1 Å². The summed E-state index contributed by atoms with van der Waals surface area (Å²) in [4.78, 5) is 14.4. The smallest absolute Gasteiger partial charge is 0.316 e. The maximum atomic E-state index is 14.4. The van der Waals surface area contributed by atoms with Gasteiger partial charge in [-0.3, -0.25) is 4.79 Å². The van der Waals surface area contributed by atoms with Crippen LogP contribution in [-0.4, -0.2) is 141 Å². The highest BCUT2D eigenvalue weighted by Gasteiger charge is 2.60. The average Bonchev–Trinajstić information content (AvgIpc) is 3.60. The molecule has 2 bridgehead atoms. The summed E-state index contributed by atoms with van der Waals surface area (Å²) in [6.07, 6.45) is 10.7. The number of rotatable bonds is 9. The number of aliphatic hydroxyl groups is 2. The second kappa shape index (κ2) is 20.3. The van der Waals surface area contributed by atoms with Crippen LogP contribution in [0.25, 0.3) is 0 Å². The lowest BCUT2D eigenvalue weighted by molar-refractivity contribution is -0.312. The first kappa shape index (κ1) is 48.6. The van der Waals surface area contributed by atoms with Gasteiger partial charge < -0.3 is 62.9 Å². The molecule has 354 valence electrons. The van der Waals surface area contributed by atoms with Gasteiger partial charge in [0, 0.05) is 51.7 Å². The quantitative estimate of drug-likeness (QED) is 0.194. The number of aliphatic hydroxyl groups excluding tert-OH is 1. The van der Waals surface area contributed by atoms with Crippen LogP contribution >= 0.6 is 0 Å². The highest BCUT2D eigenvalue weighted by Crippen LogP contribution is 2.47. The second-order valence-electron chi connectivity index (χ2n) is 19.3. The summed E-state index contributed by atoms with van der Waals surface area (Å²) >= 11 is 0. The Balaban J connectivity index is 1.18. The van der Waals surface area contributed by atoms with Crippen molar-refractivity contribution in [2.75, 3.05) is 27.9 Å². The van der Waals surface area contributed by atoms with Crippen LogP contribution in [0.5, 0.6) is 0 Å². The molecule has 0 saturated carbocycles. The Hall–Kier alpha value is -2.31. The first-order valence-corrected chi connectivity index (χ1v) is 23.4. The number of fused-ring (bicyclic) bond motifs is 2. The van der Waals surface area contributed by atoms with E-state index in [1.165, 1.54) is 0 Å². The van der Waals surface area contributed by atoms with Crippen LogP contribution < -0.4 is 5.32 Å². The number of carbonyl (C=O) groups is 1. The number of carbonyl (C=O) groups excluding carboxylic acids is 1. The minimum Gasteiger partial charge on any atom is -0.462 e.